The van der Waals surface area contributed by atoms with Crippen LogP contribution in [0, 0.1) is 0 Å². The first-order valence-electron chi connectivity index (χ1n) is 6.33. The van der Waals surface area contributed by atoms with Crippen molar-refractivity contribution in [1.29, 1.82) is 0 Å². The van der Waals surface area contributed by atoms with E-state index >= 15 is 0 Å². The van der Waals surface area contributed by atoms with E-state index in [1.165, 1.54) is 5.56 Å². The predicted octanol–water partition coefficient (Wildman–Crippen LogP) is 2.46. The van der Waals surface area contributed by atoms with Crippen LogP contribution in [0.15, 0.2) is 47.6 Å². The molecule has 0 spiro atoms. The lowest BCUT2D eigenvalue weighted by Gasteiger charge is -2.13. The quantitative estimate of drug-likeness (QED) is 0.867. The number of H-pyrrole nitrogens is 1. The molecule has 0 saturated carbocycles. The van der Waals surface area contributed by atoms with Gasteiger partial charge in [-0.3, -0.25) is 9.79 Å². The Morgan fingerprint density at radius 3 is 2.89 bits per heavy atom. The number of nitrogens with zero attached hydrogens (tertiary/aromatic N) is 1. The van der Waals surface area contributed by atoms with Gasteiger partial charge in [-0.05, 0) is 30.7 Å². The maximum absolute atomic E-state index is 11.9. The van der Waals surface area contributed by atoms with Gasteiger partial charge in [0.2, 0.25) is 0 Å². The maximum Gasteiger partial charge on any atom is 0.268 e. The van der Waals surface area contributed by atoms with Crippen LogP contribution in [-0.4, -0.2) is 22.6 Å². The standard InChI is InChI=1S/C15H15N3O/c1-10(17-15(19)13-7-4-8-16-13)14-9-11-5-2-3-6-12(11)18-14/h2-8,10,16H,9H2,1H3,(H,17,19). The van der Waals surface area contributed by atoms with E-state index in [9.17, 15) is 4.79 Å². The Kier molecular flexibility index (Phi) is 2.91. The van der Waals surface area contributed by atoms with E-state index in [0.717, 1.165) is 17.8 Å². The second-order valence-electron chi connectivity index (χ2n) is 4.69. The molecular formula is C15H15N3O. The fraction of sp³-hybridized carbons (Fsp3) is 0.200. The van der Waals surface area contributed by atoms with E-state index in [1.54, 1.807) is 12.3 Å². The molecule has 1 aromatic carbocycles. The molecule has 1 aromatic heterocycles. The van der Waals surface area contributed by atoms with Crippen molar-refractivity contribution in [2.45, 2.75) is 19.4 Å². The number of carbonyl (C=O) groups excluding carboxylic acids is 1. The zero-order valence-corrected chi connectivity index (χ0v) is 10.7. The minimum atomic E-state index is -0.101. The van der Waals surface area contributed by atoms with Crippen LogP contribution in [0.2, 0.25) is 0 Å². The molecule has 0 bridgehead atoms. The second kappa shape index (κ2) is 4.72. The third-order valence-electron chi connectivity index (χ3n) is 3.32. The van der Waals surface area contributed by atoms with Gasteiger partial charge in [0.15, 0.2) is 0 Å². The highest BCUT2D eigenvalue weighted by Crippen LogP contribution is 2.26. The zero-order chi connectivity index (χ0) is 13.2. The predicted molar refractivity (Wildman–Crippen MR) is 75.0 cm³/mol. The zero-order valence-electron chi connectivity index (χ0n) is 10.7. The van der Waals surface area contributed by atoms with Gasteiger partial charge in [0.05, 0.1) is 11.7 Å². The normalized spacial score (nSPS) is 14.7. The van der Waals surface area contributed by atoms with Gasteiger partial charge in [0, 0.05) is 18.3 Å². The number of hydrogen-bond donors (Lipinski definition) is 2. The highest BCUT2D eigenvalue weighted by molar-refractivity contribution is 6.01. The van der Waals surface area contributed by atoms with Crippen LogP contribution < -0.4 is 5.32 Å². The van der Waals surface area contributed by atoms with Crippen LogP contribution >= 0.6 is 0 Å². The number of benzene rings is 1. The number of aromatic amines is 1. The molecule has 4 nitrogen and oxygen atoms in total. The Balaban J connectivity index is 1.70. The number of fused-ring (bicyclic) bond motifs is 1. The van der Waals surface area contributed by atoms with Crippen molar-refractivity contribution in [3.63, 3.8) is 0 Å². The molecule has 1 atom stereocenters. The monoisotopic (exact) mass is 253 g/mol. The molecule has 0 aliphatic carbocycles. The van der Waals surface area contributed by atoms with Crippen molar-refractivity contribution in [2.24, 2.45) is 4.99 Å². The van der Waals surface area contributed by atoms with E-state index in [2.05, 4.69) is 21.4 Å². The van der Waals surface area contributed by atoms with Gasteiger partial charge in [-0.1, -0.05) is 18.2 Å². The van der Waals surface area contributed by atoms with Crippen LogP contribution in [0.5, 0.6) is 0 Å². The summed E-state index contributed by atoms with van der Waals surface area (Å²) in [5.41, 5.74) is 3.81. The van der Waals surface area contributed by atoms with Gasteiger partial charge < -0.3 is 10.3 Å². The molecule has 0 radical (unpaired) electrons. The van der Waals surface area contributed by atoms with Crippen molar-refractivity contribution < 1.29 is 4.79 Å². The number of rotatable bonds is 3. The lowest BCUT2D eigenvalue weighted by Crippen LogP contribution is -2.38. The van der Waals surface area contributed by atoms with Crippen molar-refractivity contribution >= 4 is 17.3 Å². The van der Waals surface area contributed by atoms with Crippen molar-refractivity contribution in [1.82, 2.24) is 10.3 Å². The van der Waals surface area contributed by atoms with Crippen LogP contribution in [0.3, 0.4) is 0 Å². The first-order valence-corrected chi connectivity index (χ1v) is 6.33. The second-order valence-corrected chi connectivity index (χ2v) is 4.69. The number of amides is 1. The minimum Gasteiger partial charge on any atom is -0.357 e. The van der Waals surface area contributed by atoms with E-state index in [4.69, 9.17) is 0 Å². The molecule has 3 rings (SSSR count). The van der Waals surface area contributed by atoms with E-state index in [0.29, 0.717) is 5.69 Å². The summed E-state index contributed by atoms with van der Waals surface area (Å²) in [4.78, 5) is 19.4. The third kappa shape index (κ3) is 2.29. The maximum atomic E-state index is 11.9. The minimum absolute atomic E-state index is 0.0665. The summed E-state index contributed by atoms with van der Waals surface area (Å²) in [5, 5.41) is 2.96. The molecule has 19 heavy (non-hydrogen) atoms. The smallest absolute Gasteiger partial charge is 0.268 e. The Labute approximate surface area is 111 Å². The van der Waals surface area contributed by atoms with Crippen LogP contribution in [0.25, 0.3) is 0 Å². The molecule has 96 valence electrons. The van der Waals surface area contributed by atoms with Gasteiger partial charge >= 0.3 is 0 Å². The molecule has 1 aliphatic rings. The number of nitrogens with one attached hydrogen (secondary N) is 2. The highest BCUT2D eigenvalue weighted by atomic mass is 16.1. The van der Waals surface area contributed by atoms with Gasteiger partial charge in [0.1, 0.15) is 5.69 Å². The summed E-state index contributed by atoms with van der Waals surface area (Å²) in [7, 11) is 0. The summed E-state index contributed by atoms with van der Waals surface area (Å²) in [5.74, 6) is -0.101. The lowest BCUT2D eigenvalue weighted by molar-refractivity contribution is 0.0944. The SMILES string of the molecule is CC(NC(=O)c1ccc[nH]1)C1=Nc2ccccc2C1. The molecule has 2 aromatic rings. The molecule has 0 fully saturated rings. The summed E-state index contributed by atoms with van der Waals surface area (Å²) in [6.07, 6.45) is 2.55. The average Bonchev–Trinajstić information content (AvgIpc) is 3.07. The Morgan fingerprint density at radius 1 is 1.32 bits per heavy atom. The number of para-hydroxylation sites is 1. The van der Waals surface area contributed by atoms with E-state index in [-0.39, 0.29) is 11.9 Å². The molecule has 1 unspecified atom stereocenters. The Hall–Kier alpha value is -2.36. The van der Waals surface area contributed by atoms with Crippen molar-refractivity contribution in [2.75, 3.05) is 0 Å². The largest absolute Gasteiger partial charge is 0.357 e. The van der Waals surface area contributed by atoms with E-state index < -0.39 is 0 Å². The molecule has 0 saturated heterocycles. The van der Waals surface area contributed by atoms with Gasteiger partial charge in [-0.25, -0.2) is 0 Å². The van der Waals surface area contributed by atoms with Gasteiger partial charge in [0.25, 0.3) is 5.91 Å². The molecule has 1 aliphatic heterocycles. The summed E-state index contributed by atoms with van der Waals surface area (Å²) in [6, 6.07) is 11.6. The van der Waals surface area contributed by atoms with E-state index in [1.807, 2.05) is 31.2 Å². The third-order valence-corrected chi connectivity index (χ3v) is 3.32. The molecule has 1 amide bonds. The van der Waals surface area contributed by atoms with Crippen molar-refractivity contribution in [3.8, 4) is 0 Å². The van der Waals surface area contributed by atoms with Gasteiger partial charge in [-0.15, -0.1) is 0 Å². The summed E-state index contributed by atoms with van der Waals surface area (Å²) >= 11 is 0. The number of aromatic nitrogens is 1. The van der Waals surface area contributed by atoms with Crippen LogP contribution in [-0.2, 0) is 6.42 Å². The molecular weight excluding hydrogens is 238 g/mol. The molecule has 2 heterocycles. The highest BCUT2D eigenvalue weighted by Gasteiger charge is 2.20. The Bertz CT molecular complexity index is 629. The molecule has 4 heteroatoms. The fourth-order valence-electron chi connectivity index (χ4n) is 2.24. The number of aliphatic imine (C=N–C) groups is 1. The summed E-state index contributed by atoms with van der Waals surface area (Å²) < 4.78 is 0. The van der Waals surface area contributed by atoms with Crippen LogP contribution in [0.4, 0.5) is 5.69 Å². The Morgan fingerprint density at radius 2 is 2.16 bits per heavy atom. The molecule has 2 N–H and O–H groups in total. The number of hydrogen-bond acceptors (Lipinski definition) is 2. The first-order chi connectivity index (χ1) is 9.24. The first kappa shape index (κ1) is 11.7. The fourth-order valence-corrected chi connectivity index (χ4v) is 2.24. The lowest BCUT2D eigenvalue weighted by atomic mass is 10.1. The average molecular weight is 253 g/mol. The van der Waals surface area contributed by atoms with Crippen molar-refractivity contribution in [3.05, 3.63) is 53.9 Å². The van der Waals surface area contributed by atoms with Crippen LogP contribution in [0.1, 0.15) is 23.0 Å². The topological polar surface area (TPSA) is 57.2 Å². The van der Waals surface area contributed by atoms with Gasteiger partial charge in [-0.2, -0.15) is 0 Å². The summed E-state index contributed by atoms with van der Waals surface area (Å²) in [6.45, 7) is 1.96. The number of carbonyl (C=O) groups is 1.